The van der Waals surface area contributed by atoms with Crippen molar-refractivity contribution in [3.63, 3.8) is 0 Å². The van der Waals surface area contributed by atoms with Crippen LogP contribution in [0.3, 0.4) is 0 Å². The second kappa shape index (κ2) is 6.97. The van der Waals surface area contributed by atoms with Crippen LogP contribution in [0.2, 0.25) is 5.02 Å². The minimum absolute atomic E-state index is 0.00410. The predicted octanol–water partition coefficient (Wildman–Crippen LogP) is 5.13. The second-order valence-corrected chi connectivity index (χ2v) is 7.10. The molecule has 0 saturated carbocycles. The molecular weight excluding hydrogens is 357 g/mol. The number of methoxy groups -OCH3 is 2. The summed E-state index contributed by atoms with van der Waals surface area (Å²) in [6.07, 6.45) is 1.84. The van der Waals surface area contributed by atoms with Gasteiger partial charge in [-0.15, -0.1) is 0 Å². The van der Waals surface area contributed by atoms with E-state index in [1.54, 1.807) is 26.4 Å². The zero-order chi connectivity index (χ0) is 18.3. The summed E-state index contributed by atoms with van der Waals surface area (Å²) in [7, 11) is 3.16. The first-order chi connectivity index (χ1) is 12.6. The maximum atomic E-state index is 13.8. The van der Waals surface area contributed by atoms with E-state index in [0.717, 1.165) is 29.7 Å². The molecule has 0 aliphatic carbocycles. The molecular formula is C20H21ClFNO3. The molecule has 0 amide bonds. The van der Waals surface area contributed by atoms with Crippen LogP contribution in [0.1, 0.15) is 36.1 Å². The summed E-state index contributed by atoms with van der Waals surface area (Å²) in [4.78, 5) is 0. The Morgan fingerprint density at radius 2 is 2.04 bits per heavy atom. The first kappa shape index (κ1) is 17.4. The molecule has 2 aromatic rings. The zero-order valence-corrected chi connectivity index (χ0v) is 15.5. The molecule has 1 fully saturated rings. The number of anilines is 1. The Balaban J connectivity index is 1.79. The number of hydrogen-bond acceptors (Lipinski definition) is 4. The van der Waals surface area contributed by atoms with Crippen LogP contribution in [0.5, 0.6) is 11.5 Å². The first-order valence-electron chi connectivity index (χ1n) is 8.71. The number of ether oxygens (including phenoxy) is 3. The molecule has 2 heterocycles. The van der Waals surface area contributed by atoms with Crippen molar-refractivity contribution in [3.05, 3.63) is 52.3 Å². The Labute approximate surface area is 157 Å². The minimum Gasteiger partial charge on any atom is -0.493 e. The lowest BCUT2D eigenvalue weighted by Gasteiger charge is -2.43. The molecule has 1 saturated heterocycles. The van der Waals surface area contributed by atoms with E-state index < -0.39 is 0 Å². The van der Waals surface area contributed by atoms with Crippen LogP contribution in [-0.4, -0.2) is 20.8 Å². The number of benzene rings is 2. The van der Waals surface area contributed by atoms with Crippen LogP contribution in [0.25, 0.3) is 0 Å². The minimum atomic E-state index is -0.244. The van der Waals surface area contributed by atoms with Gasteiger partial charge < -0.3 is 19.5 Å². The topological polar surface area (TPSA) is 39.7 Å². The summed E-state index contributed by atoms with van der Waals surface area (Å²) in [6, 6.07) is 8.66. The van der Waals surface area contributed by atoms with Crippen molar-refractivity contribution in [1.82, 2.24) is 0 Å². The van der Waals surface area contributed by atoms with Crippen LogP contribution in [0, 0.1) is 11.7 Å². The molecule has 2 aromatic carbocycles. The van der Waals surface area contributed by atoms with Crippen molar-refractivity contribution in [3.8, 4) is 11.5 Å². The Kier molecular flexibility index (Phi) is 4.67. The molecule has 4 rings (SSSR count). The first-order valence-corrected chi connectivity index (χ1v) is 9.09. The van der Waals surface area contributed by atoms with Gasteiger partial charge in [-0.25, -0.2) is 4.39 Å². The van der Waals surface area contributed by atoms with Gasteiger partial charge >= 0.3 is 0 Å². The van der Waals surface area contributed by atoms with Crippen molar-refractivity contribution >= 4 is 17.3 Å². The van der Waals surface area contributed by atoms with Gasteiger partial charge in [0.25, 0.3) is 0 Å². The summed E-state index contributed by atoms with van der Waals surface area (Å²) in [6.45, 7) is 0.691. The van der Waals surface area contributed by atoms with Gasteiger partial charge in [0.15, 0.2) is 11.5 Å². The van der Waals surface area contributed by atoms with Crippen LogP contribution >= 0.6 is 11.6 Å². The Morgan fingerprint density at radius 1 is 1.19 bits per heavy atom. The van der Waals surface area contributed by atoms with Crippen LogP contribution in [0.4, 0.5) is 10.1 Å². The standard InChI is InChI=1S/C20H21ClFNO3/c1-24-17-9-11(8-15(21)20(17)25-2)18-13-4-3-7-26-19(13)14-10-12(22)5-6-16(14)23-18/h5-6,8-10,13,18-19,23H,3-4,7H2,1-2H3/t13-,18-,19-/m0/s1. The smallest absolute Gasteiger partial charge is 0.179 e. The van der Waals surface area contributed by atoms with Crippen molar-refractivity contribution in [1.29, 1.82) is 0 Å². The van der Waals surface area contributed by atoms with E-state index in [-0.39, 0.29) is 23.9 Å². The van der Waals surface area contributed by atoms with E-state index in [1.807, 2.05) is 12.1 Å². The molecule has 0 aromatic heterocycles. The zero-order valence-electron chi connectivity index (χ0n) is 14.7. The molecule has 3 atom stereocenters. The average molecular weight is 378 g/mol. The average Bonchev–Trinajstić information content (AvgIpc) is 2.66. The van der Waals surface area contributed by atoms with E-state index in [4.69, 9.17) is 25.8 Å². The van der Waals surface area contributed by atoms with Crippen molar-refractivity contribution in [2.24, 2.45) is 5.92 Å². The SMILES string of the molecule is COc1cc([C@@H]2Nc3ccc(F)cc3[C@H]3OCCC[C@H]32)cc(Cl)c1OC. The van der Waals surface area contributed by atoms with E-state index in [2.05, 4.69) is 5.32 Å². The fraction of sp³-hybridized carbons (Fsp3) is 0.400. The number of halogens is 2. The number of fused-ring (bicyclic) bond motifs is 3. The number of nitrogens with one attached hydrogen (secondary N) is 1. The molecule has 26 heavy (non-hydrogen) atoms. The Bertz CT molecular complexity index is 829. The summed E-state index contributed by atoms with van der Waals surface area (Å²) in [5.74, 6) is 1.06. The molecule has 4 nitrogen and oxygen atoms in total. The van der Waals surface area contributed by atoms with E-state index in [0.29, 0.717) is 23.1 Å². The maximum Gasteiger partial charge on any atom is 0.179 e. The quantitative estimate of drug-likeness (QED) is 0.804. The Hall–Kier alpha value is -1.98. The largest absolute Gasteiger partial charge is 0.493 e. The molecule has 6 heteroatoms. The van der Waals surface area contributed by atoms with Crippen LogP contribution < -0.4 is 14.8 Å². The van der Waals surface area contributed by atoms with Gasteiger partial charge in [0.05, 0.1) is 31.4 Å². The van der Waals surface area contributed by atoms with Crippen molar-refractivity contribution < 1.29 is 18.6 Å². The monoisotopic (exact) mass is 377 g/mol. The lowest BCUT2D eigenvalue weighted by molar-refractivity contribution is -0.0383. The maximum absolute atomic E-state index is 13.8. The van der Waals surface area contributed by atoms with Crippen molar-refractivity contribution in [2.45, 2.75) is 25.0 Å². The van der Waals surface area contributed by atoms with Gasteiger partial charge in [0, 0.05) is 23.8 Å². The molecule has 0 unspecified atom stereocenters. The van der Waals surface area contributed by atoms with Gasteiger partial charge in [-0.3, -0.25) is 0 Å². The molecule has 138 valence electrons. The molecule has 0 radical (unpaired) electrons. The lowest BCUT2D eigenvalue weighted by atomic mass is 9.77. The van der Waals surface area contributed by atoms with E-state index in [9.17, 15) is 4.39 Å². The van der Waals surface area contributed by atoms with E-state index >= 15 is 0 Å². The van der Waals surface area contributed by atoms with Crippen LogP contribution in [-0.2, 0) is 4.74 Å². The highest BCUT2D eigenvalue weighted by Crippen LogP contribution is 2.50. The third-order valence-corrected chi connectivity index (χ3v) is 5.52. The highest BCUT2D eigenvalue weighted by atomic mass is 35.5. The highest BCUT2D eigenvalue weighted by molar-refractivity contribution is 6.32. The second-order valence-electron chi connectivity index (χ2n) is 6.69. The summed E-state index contributed by atoms with van der Waals surface area (Å²) >= 11 is 6.42. The highest BCUT2D eigenvalue weighted by Gasteiger charge is 2.40. The Morgan fingerprint density at radius 3 is 2.81 bits per heavy atom. The normalized spacial score (nSPS) is 24.2. The van der Waals surface area contributed by atoms with Gasteiger partial charge in [-0.1, -0.05) is 11.6 Å². The fourth-order valence-electron chi connectivity index (χ4n) is 4.09. The predicted molar refractivity (Wildman–Crippen MR) is 98.7 cm³/mol. The molecule has 0 spiro atoms. The van der Waals surface area contributed by atoms with Gasteiger partial charge in [0.2, 0.25) is 0 Å². The molecule has 1 N–H and O–H groups in total. The van der Waals surface area contributed by atoms with Gasteiger partial charge in [0.1, 0.15) is 5.82 Å². The molecule has 0 bridgehead atoms. The van der Waals surface area contributed by atoms with Gasteiger partial charge in [-0.05, 0) is 48.7 Å². The third kappa shape index (κ3) is 2.89. The summed E-state index contributed by atoms with van der Waals surface area (Å²) in [5, 5.41) is 4.06. The fourth-order valence-corrected chi connectivity index (χ4v) is 4.39. The molecule has 2 aliphatic rings. The molecule has 2 aliphatic heterocycles. The van der Waals surface area contributed by atoms with E-state index in [1.165, 1.54) is 6.07 Å². The van der Waals surface area contributed by atoms with Crippen molar-refractivity contribution in [2.75, 3.05) is 26.1 Å². The van der Waals surface area contributed by atoms with Gasteiger partial charge in [-0.2, -0.15) is 0 Å². The summed E-state index contributed by atoms with van der Waals surface area (Å²) in [5.41, 5.74) is 2.78. The number of rotatable bonds is 3. The summed E-state index contributed by atoms with van der Waals surface area (Å²) < 4.78 is 30.6. The number of hydrogen-bond donors (Lipinski definition) is 1. The third-order valence-electron chi connectivity index (χ3n) is 5.24. The lowest BCUT2D eigenvalue weighted by Crippen LogP contribution is -2.36. The van der Waals surface area contributed by atoms with Crippen LogP contribution in [0.15, 0.2) is 30.3 Å².